The molecule has 0 atom stereocenters. The molecule has 160 valence electrons. The number of carbonyl (C=O) groups is 1. The number of fused-ring (bicyclic) bond motifs is 5. The Morgan fingerprint density at radius 3 is 2.88 bits per heavy atom. The number of amides is 1. The van der Waals surface area contributed by atoms with Crippen LogP contribution in [0.2, 0.25) is 0 Å². The minimum Gasteiger partial charge on any atom is -0.379 e. The second-order valence-electron chi connectivity index (χ2n) is 8.45. The van der Waals surface area contributed by atoms with E-state index in [4.69, 9.17) is 4.74 Å². The highest BCUT2D eigenvalue weighted by Gasteiger charge is 2.24. The Bertz CT molecular complexity index is 1370. The summed E-state index contributed by atoms with van der Waals surface area (Å²) in [6, 6.07) is 14.8. The van der Waals surface area contributed by atoms with E-state index in [0.29, 0.717) is 6.54 Å². The fourth-order valence-corrected chi connectivity index (χ4v) is 4.69. The van der Waals surface area contributed by atoms with Gasteiger partial charge in [0.2, 0.25) is 0 Å². The number of H-pyrrole nitrogens is 1. The van der Waals surface area contributed by atoms with Gasteiger partial charge in [-0.15, -0.1) is 0 Å². The lowest BCUT2D eigenvalue weighted by Crippen LogP contribution is -2.35. The average Bonchev–Trinajstić information content (AvgIpc) is 3.38. The summed E-state index contributed by atoms with van der Waals surface area (Å²) in [6.45, 7) is 5.11. The van der Waals surface area contributed by atoms with E-state index in [1.54, 1.807) is 0 Å². The quantitative estimate of drug-likeness (QED) is 0.520. The zero-order valence-corrected chi connectivity index (χ0v) is 17.7. The van der Waals surface area contributed by atoms with E-state index < -0.39 is 0 Å². The van der Waals surface area contributed by atoms with Crippen molar-refractivity contribution in [2.45, 2.75) is 13.1 Å². The maximum absolute atomic E-state index is 12.2. The number of pyridine rings is 1. The Morgan fingerprint density at radius 1 is 1.06 bits per heavy atom. The van der Waals surface area contributed by atoms with E-state index in [2.05, 4.69) is 62.7 Å². The lowest BCUT2D eigenvalue weighted by molar-refractivity contribution is 0.0342. The molecule has 2 aromatic heterocycles. The Balaban J connectivity index is 1.29. The van der Waals surface area contributed by atoms with Gasteiger partial charge in [-0.05, 0) is 23.3 Å². The lowest BCUT2D eigenvalue weighted by Gasteiger charge is -2.26. The summed E-state index contributed by atoms with van der Waals surface area (Å²) >= 11 is 0. The molecule has 6 rings (SSSR count). The van der Waals surface area contributed by atoms with Gasteiger partial charge in [0.1, 0.15) is 0 Å². The van der Waals surface area contributed by atoms with Crippen molar-refractivity contribution in [2.75, 3.05) is 26.3 Å². The average molecular weight is 425 g/mol. The number of ether oxygens (including phenoxy) is 1. The fraction of sp³-hybridized carbons (Fsp3) is 0.231. The largest absolute Gasteiger partial charge is 0.379 e. The highest BCUT2D eigenvalue weighted by Crippen LogP contribution is 2.31. The molecule has 4 aromatic rings. The molecule has 4 heterocycles. The number of hydrogen-bond donors (Lipinski definition) is 2. The molecule has 0 radical (unpaired) electrons. The Hall–Kier alpha value is -3.48. The molecule has 2 N–H and O–H groups in total. The van der Waals surface area contributed by atoms with Crippen LogP contribution in [-0.2, 0) is 17.8 Å². The summed E-state index contributed by atoms with van der Waals surface area (Å²) < 4.78 is 5.45. The van der Waals surface area contributed by atoms with Gasteiger partial charge in [0, 0.05) is 47.7 Å². The van der Waals surface area contributed by atoms with Crippen molar-refractivity contribution in [1.82, 2.24) is 20.2 Å². The van der Waals surface area contributed by atoms with Crippen LogP contribution >= 0.6 is 0 Å². The maximum atomic E-state index is 12.2. The first kappa shape index (κ1) is 19.2. The molecular weight excluding hydrogens is 400 g/mol. The van der Waals surface area contributed by atoms with Crippen LogP contribution in [0, 0.1) is 0 Å². The van der Waals surface area contributed by atoms with E-state index in [9.17, 15) is 4.79 Å². The molecule has 2 aliphatic rings. The molecule has 2 aromatic carbocycles. The molecule has 1 amide bonds. The van der Waals surface area contributed by atoms with Gasteiger partial charge in [-0.2, -0.15) is 0 Å². The number of hydrogen-bond acceptors (Lipinski definition) is 4. The summed E-state index contributed by atoms with van der Waals surface area (Å²) in [5, 5.41) is 6.00. The first-order valence-electron chi connectivity index (χ1n) is 11.0. The van der Waals surface area contributed by atoms with Crippen LogP contribution in [0.1, 0.15) is 32.9 Å². The number of carbonyl (C=O) groups excluding carboxylic acids is 1. The van der Waals surface area contributed by atoms with Crippen molar-refractivity contribution < 1.29 is 9.53 Å². The second-order valence-corrected chi connectivity index (χ2v) is 8.45. The minimum atomic E-state index is -0.00302. The van der Waals surface area contributed by atoms with Crippen molar-refractivity contribution in [3.8, 4) is 0 Å². The number of nitrogens with one attached hydrogen (secondary N) is 2. The number of rotatable bonds is 4. The van der Waals surface area contributed by atoms with E-state index in [0.717, 1.165) is 77.0 Å². The SMILES string of the molecule is O=C1NCc2[nH]c3c(ccc4cnc(C=Cc5cccc(CN6CCOCC6)c5)cc43)c21. The summed E-state index contributed by atoms with van der Waals surface area (Å²) in [5.74, 6) is -0.00302. The first-order chi connectivity index (χ1) is 15.7. The van der Waals surface area contributed by atoms with E-state index in [-0.39, 0.29) is 5.91 Å². The van der Waals surface area contributed by atoms with Crippen LogP contribution in [0.5, 0.6) is 0 Å². The van der Waals surface area contributed by atoms with E-state index >= 15 is 0 Å². The maximum Gasteiger partial charge on any atom is 0.254 e. The van der Waals surface area contributed by atoms with Crippen molar-refractivity contribution in [1.29, 1.82) is 0 Å². The van der Waals surface area contributed by atoms with Crippen LogP contribution in [0.4, 0.5) is 0 Å². The summed E-state index contributed by atoms with van der Waals surface area (Å²) in [6.07, 6.45) is 6.06. The van der Waals surface area contributed by atoms with Gasteiger partial charge in [-0.25, -0.2) is 0 Å². The Labute approximate surface area is 185 Å². The highest BCUT2D eigenvalue weighted by molar-refractivity contribution is 6.16. The highest BCUT2D eigenvalue weighted by atomic mass is 16.5. The molecule has 0 aliphatic carbocycles. The Kier molecular flexibility index (Phi) is 4.74. The predicted octanol–water partition coefficient (Wildman–Crippen LogP) is 3.96. The number of aromatic nitrogens is 2. The Morgan fingerprint density at radius 2 is 1.97 bits per heavy atom. The van der Waals surface area contributed by atoms with Gasteiger partial charge >= 0.3 is 0 Å². The monoisotopic (exact) mass is 424 g/mol. The molecule has 1 fully saturated rings. The van der Waals surface area contributed by atoms with Crippen LogP contribution < -0.4 is 5.32 Å². The topological polar surface area (TPSA) is 70.2 Å². The normalized spacial score (nSPS) is 16.8. The first-order valence-corrected chi connectivity index (χ1v) is 11.0. The van der Waals surface area contributed by atoms with Crippen molar-refractivity contribution in [3.63, 3.8) is 0 Å². The molecular formula is C26H24N4O2. The smallest absolute Gasteiger partial charge is 0.254 e. The van der Waals surface area contributed by atoms with Gasteiger partial charge in [0.05, 0.1) is 36.5 Å². The molecule has 0 spiro atoms. The van der Waals surface area contributed by atoms with Gasteiger partial charge in [-0.1, -0.05) is 42.5 Å². The summed E-state index contributed by atoms with van der Waals surface area (Å²) in [5.41, 5.74) is 6.10. The van der Waals surface area contributed by atoms with Gasteiger partial charge in [-0.3, -0.25) is 14.7 Å². The van der Waals surface area contributed by atoms with Gasteiger partial charge < -0.3 is 15.0 Å². The van der Waals surface area contributed by atoms with Gasteiger partial charge in [0.15, 0.2) is 0 Å². The van der Waals surface area contributed by atoms with Crippen LogP contribution in [-0.4, -0.2) is 47.1 Å². The molecule has 1 saturated heterocycles. The standard InChI is InChI=1S/C26H24N4O2/c31-26-24-21-7-5-19-14-27-20(13-22(19)25(21)29-23(24)15-28-26)6-4-17-2-1-3-18(12-17)16-30-8-10-32-11-9-30/h1-7,12-14,29H,8-11,15-16H2,(H,28,31). The third kappa shape index (κ3) is 3.47. The van der Waals surface area contributed by atoms with Crippen molar-refractivity contribution in [2.24, 2.45) is 0 Å². The molecule has 0 unspecified atom stereocenters. The lowest BCUT2D eigenvalue weighted by atomic mass is 10.1. The molecule has 6 nitrogen and oxygen atoms in total. The zero-order chi connectivity index (χ0) is 21.5. The minimum absolute atomic E-state index is 0.00302. The summed E-state index contributed by atoms with van der Waals surface area (Å²) in [4.78, 5) is 22.7. The fourth-order valence-electron chi connectivity index (χ4n) is 4.69. The number of morpholine rings is 1. The van der Waals surface area contributed by atoms with Crippen molar-refractivity contribution >= 4 is 39.7 Å². The van der Waals surface area contributed by atoms with E-state index in [1.807, 2.05) is 18.3 Å². The van der Waals surface area contributed by atoms with Crippen LogP contribution in [0.15, 0.2) is 48.7 Å². The van der Waals surface area contributed by atoms with Crippen LogP contribution in [0.25, 0.3) is 33.8 Å². The zero-order valence-electron chi connectivity index (χ0n) is 17.7. The molecule has 0 bridgehead atoms. The number of benzene rings is 2. The third-order valence-electron chi connectivity index (χ3n) is 6.33. The predicted molar refractivity (Wildman–Crippen MR) is 126 cm³/mol. The summed E-state index contributed by atoms with van der Waals surface area (Å²) in [7, 11) is 0. The third-order valence-corrected chi connectivity index (χ3v) is 6.33. The number of aromatic amines is 1. The van der Waals surface area contributed by atoms with Gasteiger partial charge in [0.25, 0.3) is 5.91 Å². The van der Waals surface area contributed by atoms with Crippen LogP contribution in [0.3, 0.4) is 0 Å². The molecule has 6 heteroatoms. The van der Waals surface area contributed by atoms with E-state index in [1.165, 1.54) is 5.56 Å². The van der Waals surface area contributed by atoms with Crippen molar-refractivity contribution in [3.05, 3.63) is 76.7 Å². The molecule has 32 heavy (non-hydrogen) atoms. The molecule has 0 saturated carbocycles. The second kappa shape index (κ2) is 7.89. The number of nitrogens with zero attached hydrogens (tertiary/aromatic N) is 2. The molecule has 2 aliphatic heterocycles.